The van der Waals surface area contributed by atoms with Crippen molar-refractivity contribution >= 4 is 0 Å². The van der Waals surface area contributed by atoms with Crippen LogP contribution in [0.4, 0.5) is 0 Å². The monoisotopic (exact) mass is 1440 g/mol. The molecule has 12 heteroatoms. The third kappa shape index (κ3) is 20.0. The number of rotatable bonds is 8. The van der Waals surface area contributed by atoms with Crippen molar-refractivity contribution in [1.29, 1.82) is 0 Å². The van der Waals surface area contributed by atoms with E-state index in [9.17, 15) is 0 Å². The Bertz CT molecular complexity index is 2390. The van der Waals surface area contributed by atoms with Crippen LogP contribution in [0.5, 0.6) is 0 Å². The van der Waals surface area contributed by atoms with E-state index in [1.54, 1.807) is 131 Å². The molecule has 0 bridgehead atoms. The molecule has 8 rings (SSSR count). The van der Waals surface area contributed by atoms with Crippen molar-refractivity contribution < 1.29 is 192 Å². The Labute approximate surface area is 536 Å². The van der Waals surface area contributed by atoms with Crippen molar-refractivity contribution in [3.05, 3.63) is 162 Å². The van der Waals surface area contributed by atoms with Crippen LogP contribution in [0.3, 0.4) is 0 Å². The van der Waals surface area contributed by atoms with Crippen molar-refractivity contribution in [3.63, 3.8) is 0 Å². The number of hydrogen-bond donors (Lipinski definition) is 0. The minimum Gasteiger partial charge on any atom is -1.00 e. The molecule has 0 nitrogen and oxygen atoms in total. The second-order valence-electron chi connectivity index (χ2n) is 20.3. The van der Waals surface area contributed by atoms with Crippen molar-refractivity contribution in [2.75, 3.05) is 0 Å². The van der Waals surface area contributed by atoms with Gasteiger partial charge in [-0.05, 0) is 0 Å². The fraction of sp³-hybridized carbons (Fsp3) is 0.467. The second-order valence-corrected chi connectivity index (χ2v) is 33.3. The van der Waals surface area contributed by atoms with Crippen LogP contribution in [0.25, 0.3) is 0 Å². The molecule has 0 unspecified atom stereocenters. The molecule has 0 aromatic carbocycles. The zero-order chi connectivity index (χ0) is 47.5. The minimum absolute atomic E-state index is 0. The van der Waals surface area contributed by atoms with Crippen LogP contribution in [-0.2, 0) is 92.9 Å². The van der Waals surface area contributed by atoms with Gasteiger partial charge in [0.2, 0.25) is 0 Å². The van der Waals surface area contributed by atoms with Gasteiger partial charge in [0.25, 0.3) is 0 Å². The molecule has 8 aliphatic rings. The zero-order valence-corrected chi connectivity index (χ0v) is 62.9. The summed E-state index contributed by atoms with van der Waals surface area (Å²) in [7, 11) is 0. The summed E-state index contributed by atoms with van der Waals surface area (Å²) in [6, 6.07) is 0. The first-order valence-electron chi connectivity index (χ1n) is 24.0. The van der Waals surface area contributed by atoms with Crippen LogP contribution in [-0.4, -0.2) is 0 Å². The van der Waals surface area contributed by atoms with Gasteiger partial charge >= 0.3 is 445 Å². The number of hydrogen-bond acceptors (Lipinski definition) is 0. The minimum atomic E-state index is -0.560. The van der Waals surface area contributed by atoms with Crippen molar-refractivity contribution in [2.24, 2.45) is 0 Å². The Balaban J connectivity index is -0.000000413. The first-order chi connectivity index (χ1) is 30.0. The molecule has 0 aromatic rings. The summed E-state index contributed by atoms with van der Waals surface area (Å²) in [6.45, 7) is 46.2. The van der Waals surface area contributed by atoms with Gasteiger partial charge in [-0.1, -0.05) is 0 Å². The van der Waals surface area contributed by atoms with E-state index in [0.29, 0.717) is 0 Å². The summed E-state index contributed by atoms with van der Waals surface area (Å²) in [6.07, 6.45) is 19.6. The maximum absolute atomic E-state index is 2.47. The summed E-state index contributed by atoms with van der Waals surface area (Å²) in [5.74, 6) is 0. The van der Waals surface area contributed by atoms with E-state index >= 15 is 0 Å². The van der Waals surface area contributed by atoms with Crippen LogP contribution in [0.2, 0.25) is 0 Å². The average molecular weight is 1450 g/mol. The van der Waals surface area contributed by atoms with E-state index in [2.05, 4.69) is 163 Å². The van der Waals surface area contributed by atoms with Gasteiger partial charge in [0.1, 0.15) is 0 Å². The van der Waals surface area contributed by atoms with Gasteiger partial charge in [0.15, 0.2) is 0 Å². The fourth-order valence-electron chi connectivity index (χ4n) is 9.69. The fourth-order valence-corrected chi connectivity index (χ4v) is 25.6. The molecule has 0 aromatic heterocycles. The summed E-state index contributed by atoms with van der Waals surface area (Å²) in [5.41, 5.74) is 32.1. The molecule has 0 heterocycles. The van der Waals surface area contributed by atoms with Crippen molar-refractivity contribution in [3.8, 4) is 0 Å². The molecule has 0 spiro atoms. The molecule has 392 valence electrons. The SMILES string of the molecule is CC1=C(C)C(C)=[C]([Zr+2][C]2=C(C)C(C)=C(C)C2)C1.CC1=C(C)[C]([Zr+2][C]2=C(C)CC(C)=C2C)=C(C)C1.CC1=C(C)[C]([Zr+2][C]2=CCC(C)=C2C)=CC1.CC1=CCC(C)=[C]1[Zr+2][C]1=C(C)CC=C1C.[Cl-].[Cl-].[Cl-].[Cl-].[Cl-].[Cl-].[Cl-].[Cl-]. The molecule has 8 aliphatic carbocycles. The molecule has 0 aliphatic heterocycles. The average Bonchev–Trinajstić information content (AvgIpc) is 4.12. The van der Waals surface area contributed by atoms with Crippen LogP contribution in [0.15, 0.2) is 162 Å². The molecule has 0 radical (unpaired) electrons. The van der Waals surface area contributed by atoms with Crippen molar-refractivity contribution in [2.45, 2.75) is 190 Å². The quantitative estimate of drug-likeness (QED) is 0.229. The summed E-state index contributed by atoms with van der Waals surface area (Å²) >= 11 is -2.04. The normalized spacial score (nSPS) is 18.6. The first-order valence-corrected chi connectivity index (χ1v) is 33.9. The third-order valence-corrected chi connectivity index (χ3v) is 34.4. The molecular weight excluding hydrogens is 1370 g/mol. The van der Waals surface area contributed by atoms with E-state index in [-0.39, 0.29) is 99.3 Å². The van der Waals surface area contributed by atoms with Gasteiger partial charge in [-0.15, -0.1) is 0 Å². The van der Waals surface area contributed by atoms with E-state index in [1.807, 2.05) is 6.56 Å². The van der Waals surface area contributed by atoms with E-state index < -0.39 is 92.9 Å². The predicted octanol–water partition coefficient (Wildman–Crippen LogP) is -5.14. The zero-order valence-electron chi connectivity index (χ0n) is 47.0. The van der Waals surface area contributed by atoms with Gasteiger partial charge in [0, 0.05) is 0 Å². The smallest absolute Gasteiger partial charge is 1.00 e. The van der Waals surface area contributed by atoms with Crippen LogP contribution in [0.1, 0.15) is 190 Å². The van der Waals surface area contributed by atoms with Gasteiger partial charge in [-0.25, -0.2) is 0 Å². The van der Waals surface area contributed by atoms with E-state index in [0.717, 1.165) is 0 Å². The van der Waals surface area contributed by atoms with Crippen LogP contribution in [0, 0.1) is 0 Å². The van der Waals surface area contributed by atoms with Crippen molar-refractivity contribution in [1.82, 2.24) is 0 Å². The Hall–Kier alpha value is 1.69. The van der Waals surface area contributed by atoms with Gasteiger partial charge in [-0.2, -0.15) is 0 Å². The maximum Gasteiger partial charge on any atom is -1.00 e. The summed E-state index contributed by atoms with van der Waals surface area (Å²) in [4.78, 5) is 0. The molecule has 0 amide bonds. The van der Waals surface area contributed by atoms with Crippen LogP contribution >= 0.6 is 0 Å². The Morgan fingerprint density at radius 1 is 0.236 bits per heavy atom. The number of allylic oxidation sites excluding steroid dienone is 32. The maximum atomic E-state index is 2.47. The standard InChI is InChI=1S/4C8H11.4C7H9.8ClH.4Zr/c2*1-6-4-7(2)8(3)5-6;2*1-6-4-5-7(2)8(6)3;2*1-6-3-4-7(2)5-6;2*1-6-4-3-5-7(6)2;;;;;;;;;;;;/h4*4H2,1-3H3;4*3H,4H2,1-2H3;8*1H;;;;/q;;;;;;;;;;;;;;;;4*+2/p-8. The molecule has 0 saturated heterocycles. The molecule has 0 atom stereocenters. The van der Waals surface area contributed by atoms with E-state index in [4.69, 9.17) is 0 Å². The molecule has 72 heavy (non-hydrogen) atoms. The summed E-state index contributed by atoms with van der Waals surface area (Å²) < 4.78 is 14.1. The number of halogens is 8. The third-order valence-electron chi connectivity index (χ3n) is 15.6. The molecule has 0 N–H and O–H groups in total. The molecule has 0 saturated carbocycles. The summed E-state index contributed by atoms with van der Waals surface area (Å²) in [5, 5.41) is 0. The van der Waals surface area contributed by atoms with Gasteiger partial charge in [-0.3, -0.25) is 0 Å². The van der Waals surface area contributed by atoms with E-state index in [1.165, 1.54) is 51.4 Å². The topological polar surface area (TPSA) is 0 Å². The van der Waals surface area contributed by atoms with Gasteiger partial charge < -0.3 is 99.3 Å². The first kappa shape index (κ1) is 80.2. The Kier molecular flexibility index (Phi) is 40.2. The second kappa shape index (κ2) is 36.1. The predicted molar refractivity (Wildman–Crippen MR) is 267 cm³/mol. The molecule has 0 fully saturated rings. The van der Waals surface area contributed by atoms with Gasteiger partial charge in [0.05, 0.1) is 0 Å². The van der Waals surface area contributed by atoms with Crippen LogP contribution < -0.4 is 99.3 Å². The Morgan fingerprint density at radius 2 is 0.528 bits per heavy atom. The largest absolute Gasteiger partial charge is 1.00 e. The Morgan fingerprint density at radius 3 is 0.750 bits per heavy atom. The molecular formula is C60H80Cl8Zr4.